The number of anilines is 1. The third-order valence-corrected chi connectivity index (χ3v) is 4.09. The SMILES string of the molecule is Cc1nccc2c1c(N)nn2C1(CC#N)CCOCC1. The highest BCUT2D eigenvalue weighted by molar-refractivity contribution is 5.91. The van der Waals surface area contributed by atoms with Gasteiger partial charge in [-0.2, -0.15) is 10.4 Å². The summed E-state index contributed by atoms with van der Waals surface area (Å²) in [5, 5.41) is 14.6. The van der Waals surface area contributed by atoms with Crippen LogP contribution in [-0.2, 0) is 10.3 Å². The minimum Gasteiger partial charge on any atom is -0.382 e. The molecule has 2 aromatic rings. The number of nitriles is 1. The Kier molecular flexibility index (Phi) is 3.07. The van der Waals surface area contributed by atoms with E-state index in [1.807, 2.05) is 17.7 Å². The fraction of sp³-hybridized carbons (Fsp3) is 0.500. The van der Waals surface area contributed by atoms with E-state index in [1.165, 1.54) is 0 Å². The van der Waals surface area contributed by atoms with E-state index in [4.69, 9.17) is 10.5 Å². The van der Waals surface area contributed by atoms with Crippen molar-refractivity contribution in [1.82, 2.24) is 14.8 Å². The van der Waals surface area contributed by atoms with Crippen LogP contribution < -0.4 is 5.73 Å². The number of pyridine rings is 1. The van der Waals surface area contributed by atoms with Crippen LogP contribution in [0.15, 0.2) is 12.3 Å². The first-order valence-electron chi connectivity index (χ1n) is 6.73. The summed E-state index contributed by atoms with van der Waals surface area (Å²) in [7, 11) is 0. The molecule has 0 radical (unpaired) electrons. The second-order valence-corrected chi connectivity index (χ2v) is 5.26. The van der Waals surface area contributed by atoms with Crippen LogP contribution in [0.5, 0.6) is 0 Å². The molecule has 1 aliphatic heterocycles. The van der Waals surface area contributed by atoms with Crippen molar-refractivity contribution < 1.29 is 4.74 Å². The minimum absolute atomic E-state index is 0.323. The zero-order valence-corrected chi connectivity index (χ0v) is 11.5. The Morgan fingerprint density at radius 1 is 1.50 bits per heavy atom. The van der Waals surface area contributed by atoms with Crippen LogP contribution in [-0.4, -0.2) is 28.0 Å². The van der Waals surface area contributed by atoms with Crippen molar-refractivity contribution in [2.45, 2.75) is 31.7 Å². The number of ether oxygens (including phenoxy) is 1. The normalized spacial score (nSPS) is 18.0. The molecular weight excluding hydrogens is 254 g/mol. The van der Waals surface area contributed by atoms with Crippen molar-refractivity contribution in [1.29, 1.82) is 5.26 Å². The standard InChI is InChI=1S/C14H17N5O/c1-10-12-11(2-7-17-10)19(18-13(12)16)14(3-6-15)4-8-20-9-5-14/h2,7H,3-5,8-9H2,1H3,(H2,16,18). The fourth-order valence-electron chi connectivity index (χ4n) is 2.98. The molecule has 0 bridgehead atoms. The van der Waals surface area contributed by atoms with Crippen LogP contribution >= 0.6 is 0 Å². The molecule has 1 saturated heterocycles. The summed E-state index contributed by atoms with van der Waals surface area (Å²) in [6.45, 7) is 3.21. The van der Waals surface area contributed by atoms with Gasteiger partial charge >= 0.3 is 0 Å². The minimum atomic E-state index is -0.323. The molecule has 0 unspecified atom stereocenters. The van der Waals surface area contributed by atoms with Gasteiger partial charge in [0.1, 0.15) is 0 Å². The lowest BCUT2D eigenvalue weighted by atomic mass is 9.87. The summed E-state index contributed by atoms with van der Waals surface area (Å²) in [6, 6.07) is 4.21. The number of rotatable bonds is 2. The molecule has 0 amide bonds. The zero-order valence-electron chi connectivity index (χ0n) is 11.5. The molecule has 1 fully saturated rings. The van der Waals surface area contributed by atoms with Gasteiger partial charge in [0, 0.05) is 19.4 Å². The summed E-state index contributed by atoms with van der Waals surface area (Å²) in [5.41, 5.74) is 7.55. The molecule has 104 valence electrons. The maximum atomic E-state index is 9.20. The van der Waals surface area contributed by atoms with Crippen LogP contribution in [0.25, 0.3) is 10.9 Å². The Labute approximate surface area is 117 Å². The average molecular weight is 271 g/mol. The predicted octanol–water partition coefficient (Wildman–Crippen LogP) is 1.74. The Morgan fingerprint density at radius 3 is 2.95 bits per heavy atom. The van der Waals surface area contributed by atoms with E-state index in [-0.39, 0.29) is 5.54 Å². The second kappa shape index (κ2) is 4.76. The molecule has 6 heteroatoms. The van der Waals surface area contributed by atoms with E-state index in [1.54, 1.807) is 6.20 Å². The molecule has 0 aromatic carbocycles. The van der Waals surface area contributed by atoms with E-state index in [0.717, 1.165) is 29.4 Å². The van der Waals surface area contributed by atoms with Gasteiger partial charge in [0.25, 0.3) is 0 Å². The smallest absolute Gasteiger partial charge is 0.155 e. The predicted molar refractivity (Wildman–Crippen MR) is 74.9 cm³/mol. The Hall–Kier alpha value is -2.13. The van der Waals surface area contributed by atoms with Crippen LogP contribution in [0.1, 0.15) is 25.0 Å². The molecule has 0 aliphatic carbocycles. The van der Waals surface area contributed by atoms with Gasteiger partial charge < -0.3 is 10.5 Å². The number of hydrogen-bond acceptors (Lipinski definition) is 5. The summed E-state index contributed by atoms with van der Waals surface area (Å²) in [5.74, 6) is 0.481. The maximum absolute atomic E-state index is 9.20. The molecule has 0 spiro atoms. The number of nitrogen functional groups attached to an aromatic ring is 1. The molecule has 3 rings (SSSR count). The first-order chi connectivity index (χ1) is 9.68. The zero-order chi connectivity index (χ0) is 14.2. The van der Waals surface area contributed by atoms with Gasteiger partial charge in [-0.3, -0.25) is 9.67 Å². The number of hydrogen-bond donors (Lipinski definition) is 1. The van der Waals surface area contributed by atoms with Crippen LogP contribution in [0.3, 0.4) is 0 Å². The molecule has 1 aliphatic rings. The van der Waals surface area contributed by atoms with Crippen molar-refractivity contribution in [3.63, 3.8) is 0 Å². The van der Waals surface area contributed by atoms with Gasteiger partial charge in [0.15, 0.2) is 5.82 Å². The van der Waals surface area contributed by atoms with Crippen LogP contribution in [0, 0.1) is 18.3 Å². The molecule has 0 saturated carbocycles. The molecule has 2 aromatic heterocycles. The fourth-order valence-corrected chi connectivity index (χ4v) is 2.98. The van der Waals surface area contributed by atoms with Crippen LogP contribution in [0.4, 0.5) is 5.82 Å². The quantitative estimate of drug-likeness (QED) is 0.898. The summed E-state index contributed by atoms with van der Waals surface area (Å²) in [6.07, 6.45) is 3.72. The monoisotopic (exact) mass is 271 g/mol. The van der Waals surface area contributed by atoms with E-state index in [9.17, 15) is 5.26 Å². The van der Waals surface area contributed by atoms with Crippen molar-refractivity contribution in [2.75, 3.05) is 18.9 Å². The van der Waals surface area contributed by atoms with Gasteiger partial charge in [-0.15, -0.1) is 0 Å². The van der Waals surface area contributed by atoms with Gasteiger partial charge in [0.2, 0.25) is 0 Å². The Morgan fingerprint density at radius 2 is 2.25 bits per heavy atom. The van der Waals surface area contributed by atoms with Gasteiger partial charge in [-0.1, -0.05) is 0 Å². The van der Waals surface area contributed by atoms with E-state index >= 15 is 0 Å². The second-order valence-electron chi connectivity index (χ2n) is 5.26. The molecule has 0 atom stereocenters. The highest BCUT2D eigenvalue weighted by Crippen LogP contribution is 2.36. The van der Waals surface area contributed by atoms with Gasteiger partial charge in [0.05, 0.1) is 34.6 Å². The van der Waals surface area contributed by atoms with Crippen molar-refractivity contribution in [2.24, 2.45) is 0 Å². The maximum Gasteiger partial charge on any atom is 0.155 e. The molecule has 2 N–H and O–H groups in total. The number of aromatic nitrogens is 3. The van der Waals surface area contributed by atoms with Crippen molar-refractivity contribution in [3.05, 3.63) is 18.0 Å². The van der Waals surface area contributed by atoms with Gasteiger partial charge in [-0.25, -0.2) is 0 Å². The summed E-state index contributed by atoms with van der Waals surface area (Å²) < 4.78 is 7.37. The summed E-state index contributed by atoms with van der Waals surface area (Å²) in [4.78, 5) is 4.27. The highest BCUT2D eigenvalue weighted by Gasteiger charge is 2.37. The molecule has 3 heterocycles. The lowest BCUT2D eigenvalue weighted by Crippen LogP contribution is -2.40. The topological polar surface area (TPSA) is 89.8 Å². The average Bonchev–Trinajstić information content (AvgIpc) is 2.79. The first-order valence-corrected chi connectivity index (χ1v) is 6.73. The lowest BCUT2D eigenvalue weighted by Gasteiger charge is -2.36. The largest absolute Gasteiger partial charge is 0.382 e. The first kappa shape index (κ1) is 12.9. The third kappa shape index (κ3) is 1.82. The van der Waals surface area contributed by atoms with E-state index in [0.29, 0.717) is 25.5 Å². The lowest BCUT2D eigenvalue weighted by molar-refractivity contribution is 0.0194. The van der Waals surface area contributed by atoms with Gasteiger partial charge in [-0.05, 0) is 25.8 Å². The third-order valence-electron chi connectivity index (χ3n) is 4.09. The molecular formula is C14H17N5O. The highest BCUT2D eigenvalue weighted by atomic mass is 16.5. The number of nitrogens with zero attached hydrogens (tertiary/aromatic N) is 4. The number of nitrogens with two attached hydrogens (primary N) is 1. The summed E-state index contributed by atoms with van der Waals surface area (Å²) >= 11 is 0. The van der Waals surface area contributed by atoms with Crippen molar-refractivity contribution in [3.8, 4) is 6.07 Å². The number of aryl methyl sites for hydroxylation is 1. The van der Waals surface area contributed by atoms with E-state index in [2.05, 4.69) is 16.2 Å². The molecule has 6 nitrogen and oxygen atoms in total. The Balaban J connectivity index is 2.22. The molecule has 20 heavy (non-hydrogen) atoms. The Bertz CT molecular complexity index is 679. The van der Waals surface area contributed by atoms with Crippen molar-refractivity contribution >= 4 is 16.7 Å². The van der Waals surface area contributed by atoms with Crippen LogP contribution in [0.2, 0.25) is 0 Å². The van der Waals surface area contributed by atoms with E-state index < -0.39 is 0 Å². The number of fused-ring (bicyclic) bond motifs is 1.